The van der Waals surface area contributed by atoms with E-state index in [0.717, 1.165) is 40.8 Å². The highest BCUT2D eigenvalue weighted by atomic mass is 16.6. The van der Waals surface area contributed by atoms with Crippen molar-refractivity contribution < 1.29 is 9.53 Å². The molecule has 0 unspecified atom stereocenters. The number of nitrogens with zero attached hydrogens (tertiary/aromatic N) is 6. The highest BCUT2D eigenvalue weighted by Gasteiger charge is 2.30. The molecule has 5 aromatic rings. The van der Waals surface area contributed by atoms with E-state index in [9.17, 15) is 9.59 Å². The highest BCUT2D eigenvalue weighted by Crippen LogP contribution is 2.27. The minimum Gasteiger partial charge on any atom is -0.455 e. The van der Waals surface area contributed by atoms with Crippen LogP contribution in [0.25, 0.3) is 27.6 Å². The van der Waals surface area contributed by atoms with Gasteiger partial charge in [0.2, 0.25) is 0 Å². The zero-order valence-electron chi connectivity index (χ0n) is 22.7. The summed E-state index contributed by atoms with van der Waals surface area (Å²) in [7, 11) is 1.83. The number of likely N-dealkylation sites (tertiary alicyclic amines) is 1. The molecule has 9 nitrogen and oxygen atoms in total. The average Bonchev–Trinajstić information content (AvgIpc) is 3.58. The first-order valence-corrected chi connectivity index (χ1v) is 13.2. The summed E-state index contributed by atoms with van der Waals surface area (Å²) in [5.41, 5.74) is 2.07. The molecule has 39 heavy (non-hydrogen) atoms. The number of aromatic nitrogens is 5. The fraction of sp³-hybridized carbons (Fsp3) is 0.333. The summed E-state index contributed by atoms with van der Waals surface area (Å²) in [5.74, 6) is 0.391. The Bertz CT molecular complexity index is 1760. The van der Waals surface area contributed by atoms with E-state index in [2.05, 4.69) is 33.1 Å². The van der Waals surface area contributed by atoms with Crippen LogP contribution in [0, 0.1) is 0 Å². The van der Waals surface area contributed by atoms with Crippen molar-refractivity contribution in [1.29, 1.82) is 0 Å². The number of imidazole rings is 2. The molecular weight excluding hydrogens is 492 g/mol. The topological polar surface area (TPSA) is 87.2 Å². The van der Waals surface area contributed by atoms with E-state index in [1.54, 1.807) is 21.5 Å². The molecule has 1 atom stereocenters. The van der Waals surface area contributed by atoms with Crippen molar-refractivity contribution in [2.75, 3.05) is 13.1 Å². The lowest BCUT2D eigenvalue weighted by molar-refractivity contribution is 0.00584. The molecule has 1 fully saturated rings. The zero-order valence-corrected chi connectivity index (χ0v) is 22.7. The monoisotopic (exact) mass is 524 g/mol. The van der Waals surface area contributed by atoms with E-state index in [1.165, 1.54) is 0 Å². The molecule has 4 heterocycles. The fourth-order valence-electron chi connectivity index (χ4n) is 5.43. The third kappa shape index (κ3) is 4.63. The Kier molecular flexibility index (Phi) is 6.10. The van der Waals surface area contributed by atoms with Crippen molar-refractivity contribution in [1.82, 2.24) is 28.6 Å². The molecule has 200 valence electrons. The first-order valence-electron chi connectivity index (χ1n) is 13.2. The molecule has 1 aliphatic rings. The van der Waals surface area contributed by atoms with Crippen LogP contribution < -0.4 is 5.69 Å². The fourth-order valence-corrected chi connectivity index (χ4v) is 5.43. The SMILES string of the molecule is Cn1c(C(=O)OC(C)(C)C)cnc1CN1CC[C@H](n2c(=O)n(-c3ccc4ccccc4c3)c3cccnc32)C1. The van der Waals surface area contributed by atoms with Gasteiger partial charge in [-0.3, -0.25) is 14.0 Å². The van der Waals surface area contributed by atoms with Crippen LogP contribution in [-0.2, 0) is 18.3 Å². The van der Waals surface area contributed by atoms with Gasteiger partial charge < -0.3 is 9.30 Å². The summed E-state index contributed by atoms with van der Waals surface area (Å²) < 4.78 is 10.9. The summed E-state index contributed by atoms with van der Waals surface area (Å²) in [5, 5.41) is 2.21. The Hall–Kier alpha value is -4.24. The Morgan fingerprint density at radius 2 is 1.85 bits per heavy atom. The van der Waals surface area contributed by atoms with Crippen LogP contribution >= 0.6 is 0 Å². The maximum absolute atomic E-state index is 13.9. The predicted molar refractivity (Wildman–Crippen MR) is 150 cm³/mol. The maximum atomic E-state index is 13.9. The third-order valence-electron chi connectivity index (χ3n) is 7.29. The van der Waals surface area contributed by atoms with Crippen LogP contribution in [0.2, 0.25) is 0 Å². The Morgan fingerprint density at radius 3 is 2.64 bits per heavy atom. The molecule has 0 N–H and O–H groups in total. The standard InChI is InChI=1S/C30H32N6O3/c1-30(2,3)39-28(37)25-17-32-26(33(25)4)19-34-15-13-23(18-34)36-27-24(10-7-14-31-27)35(29(36)38)22-12-11-20-8-5-6-9-21(20)16-22/h5-12,14,16-17,23H,13,15,18-19H2,1-4H3/t23-/m0/s1. The smallest absolute Gasteiger partial charge is 0.357 e. The quantitative estimate of drug-likeness (QED) is 0.315. The molecule has 0 radical (unpaired) electrons. The number of fused-ring (bicyclic) bond motifs is 2. The second-order valence-electron chi connectivity index (χ2n) is 11.2. The molecule has 3 aromatic heterocycles. The van der Waals surface area contributed by atoms with Crippen molar-refractivity contribution in [3.05, 3.63) is 89.0 Å². The molecule has 1 saturated heterocycles. The zero-order chi connectivity index (χ0) is 27.3. The lowest BCUT2D eigenvalue weighted by Crippen LogP contribution is -2.29. The van der Waals surface area contributed by atoms with Gasteiger partial charge in [0.15, 0.2) is 5.65 Å². The van der Waals surface area contributed by atoms with E-state index in [0.29, 0.717) is 24.4 Å². The molecule has 1 aliphatic heterocycles. The number of ether oxygens (including phenoxy) is 1. The van der Waals surface area contributed by atoms with Gasteiger partial charge in [0, 0.05) is 26.3 Å². The summed E-state index contributed by atoms with van der Waals surface area (Å²) >= 11 is 0. The van der Waals surface area contributed by atoms with Gasteiger partial charge in [-0.1, -0.05) is 30.3 Å². The highest BCUT2D eigenvalue weighted by molar-refractivity contribution is 5.88. The summed E-state index contributed by atoms with van der Waals surface area (Å²) in [6.07, 6.45) is 4.13. The third-order valence-corrected chi connectivity index (χ3v) is 7.29. The van der Waals surface area contributed by atoms with Crippen LogP contribution in [0.3, 0.4) is 0 Å². The van der Waals surface area contributed by atoms with E-state index in [-0.39, 0.29) is 17.7 Å². The van der Waals surface area contributed by atoms with Crippen LogP contribution in [0.5, 0.6) is 0 Å². The van der Waals surface area contributed by atoms with Gasteiger partial charge in [0.1, 0.15) is 17.1 Å². The molecule has 0 spiro atoms. The van der Waals surface area contributed by atoms with Gasteiger partial charge in [-0.25, -0.2) is 19.6 Å². The van der Waals surface area contributed by atoms with E-state index in [4.69, 9.17) is 4.74 Å². The van der Waals surface area contributed by atoms with Crippen LogP contribution in [0.15, 0.2) is 71.8 Å². The Labute approximate surface area is 226 Å². The molecule has 6 rings (SSSR count). The molecular formula is C30H32N6O3. The molecule has 0 bridgehead atoms. The largest absolute Gasteiger partial charge is 0.455 e. The number of carbonyl (C=O) groups excluding carboxylic acids is 1. The molecule has 0 saturated carbocycles. The van der Waals surface area contributed by atoms with Crippen LogP contribution in [0.4, 0.5) is 0 Å². The molecule has 0 aliphatic carbocycles. The number of pyridine rings is 1. The van der Waals surface area contributed by atoms with Gasteiger partial charge in [0.05, 0.1) is 30.0 Å². The first kappa shape index (κ1) is 25.1. The number of hydrogen-bond acceptors (Lipinski definition) is 6. The Balaban J connectivity index is 1.28. The molecule has 0 amide bonds. The summed E-state index contributed by atoms with van der Waals surface area (Å²) in [4.78, 5) is 37.9. The Morgan fingerprint density at radius 1 is 1.05 bits per heavy atom. The van der Waals surface area contributed by atoms with E-state index in [1.807, 2.05) is 68.8 Å². The van der Waals surface area contributed by atoms with Gasteiger partial charge in [-0.2, -0.15) is 0 Å². The summed E-state index contributed by atoms with van der Waals surface area (Å²) in [6, 6.07) is 18.0. The number of carbonyl (C=O) groups is 1. The molecule has 2 aromatic carbocycles. The molecule has 9 heteroatoms. The average molecular weight is 525 g/mol. The number of hydrogen-bond donors (Lipinski definition) is 0. The second kappa shape index (κ2) is 9.50. The van der Waals surface area contributed by atoms with Crippen molar-refractivity contribution in [3.63, 3.8) is 0 Å². The minimum atomic E-state index is -0.572. The maximum Gasteiger partial charge on any atom is 0.357 e. The van der Waals surface area contributed by atoms with Gasteiger partial charge in [-0.15, -0.1) is 0 Å². The number of esters is 1. The van der Waals surface area contributed by atoms with Crippen molar-refractivity contribution in [3.8, 4) is 5.69 Å². The van der Waals surface area contributed by atoms with Crippen LogP contribution in [0.1, 0.15) is 49.5 Å². The lowest BCUT2D eigenvalue weighted by Gasteiger charge is -2.20. The predicted octanol–water partition coefficient (Wildman–Crippen LogP) is 4.48. The van der Waals surface area contributed by atoms with Gasteiger partial charge in [0.25, 0.3) is 0 Å². The number of benzene rings is 2. The van der Waals surface area contributed by atoms with Gasteiger partial charge in [-0.05, 0) is 62.2 Å². The van der Waals surface area contributed by atoms with Crippen molar-refractivity contribution >= 4 is 27.9 Å². The van der Waals surface area contributed by atoms with Gasteiger partial charge >= 0.3 is 11.7 Å². The number of rotatable bonds is 5. The minimum absolute atomic E-state index is 0.0257. The van der Waals surface area contributed by atoms with E-state index < -0.39 is 5.60 Å². The first-order chi connectivity index (χ1) is 18.7. The lowest BCUT2D eigenvalue weighted by atomic mass is 10.1. The van der Waals surface area contributed by atoms with Crippen molar-refractivity contribution in [2.24, 2.45) is 7.05 Å². The van der Waals surface area contributed by atoms with E-state index >= 15 is 0 Å². The van der Waals surface area contributed by atoms with Crippen molar-refractivity contribution in [2.45, 2.75) is 45.4 Å². The normalized spacial score (nSPS) is 16.4. The second-order valence-corrected chi connectivity index (χ2v) is 11.2. The van der Waals surface area contributed by atoms with Crippen LogP contribution in [-0.4, -0.2) is 53.2 Å². The summed E-state index contributed by atoms with van der Waals surface area (Å²) in [6.45, 7) is 7.60.